The summed E-state index contributed by atoms with van der Waals surface area (Å²) in [5, 5.41) is 11.6. The smallest absolute Gasteiger partial charge is 0.226 e. The van der Waals surface area contributed by atoms with Crippen LogP contribution in [-0.4, -0.2) is 38.0 Å². The summed E-state index contributed by atoms with van der Waals surface area (Å²) in [4.78, 5) is 13.3. The number of nitrogens with zero attached hydrogens (tertiary/aromatic N) is 2. The lowest BCUT2D eigenvalue weighted by Crippen LogP contribution is -2.38. The first-order chi connectivity index (χ1) is 6.52. The summed E-state index contributed by atoms with van der Waals surface area (Å²) >= 11 is 0. The number of amides is 1. The molecule has 0 heterocycles. The molecule has 0 spiro atoms. The molecule has 0 rings (SSSR count). The maximum Gasteiger partial charge on any atom is 0.226 e. The average molecular weight is 197 g/mol. The second-order valence-electron chi connectivity index (χ2n) is 3.71. The van der Waals surface area contributed by atoms with Crippen molar-refractivity contribution in [1.29, 1.82) is 5.26 Å². The van der Waals surface area contributed by atoms with Gasteiger partial charge in [-0.05, 0) is 14.0 Å². The molecule has 4 nitrogen and oxygen atoms in total. The first-order valence-electron chi connectivity index (χ1n) is 4.82. The van der Waals surface area contributed by atoms with Gasteiger partial charge in [-0.3, -0.25) is 4.79 Å². The molecule has 0 aromatic heterocycles. The van der Waals surface area contributed by atoms with Crippen LogP contribution in [0.15, 0.2) is 0 Å². The lowest BCUT2D eigenvalue weighted by atomic mass is 10.1. The van der Waals surface area contributed by atoms with Crippen LogP contribution in [0, 0.1) is 23.2 Å². The molecule has 4 heteroatoms. The highest BCUT2D eigenvalue weighted by Crippen LogP contribution is 2.02. The zero-order chi connectivity index (χ0) is 11.1. The summed E-state index contributed by atoms with van der Waals surface area (Å²) in [6.07, 6.45) is 0. The monoisotopic (exact) mass is 197 g/mol. The summed E-state index contributed by atoms with van der Waals surface area (Å²) in [5.74, 6) is -0.0527. The molecule has 0 aliphatic carbocycles. The van der Waals surface area contributed by atoms with Crippen LogP contribution in [0.3, 0.4) is 0 Å². The Morgan fingerprint density at radius 1 is 1.57 bits per heavy atom. The van der Waals surface area contributed by atoms with E-state index in [-0.39, 0.29) is 17.7 Å². The van der Waals surface area contributed by atoms with Crippen molar-refractivity contribution in [3.8, 4) is 6.07 Å². The van der Waals surface area contributed by atoms with Gasteiger partial charge in [-0.25, -0.2) is 0 Å². The molecule has 0 aliphatic rings. The van der Waals surface area contributed by atoms with E-state index in [4.69, 9.17) is 5.26 Å². The van der Waals surface area contributed by atoms with E-state index in [1.54, 1.807) is 11.9 Å². The van der Waals surface area contributed by atoms with Gasteiger partial charge in [-0.1, -0.05) is 6.92 Å². The SMILES string of the molecule is CNCC(C)C(=O)N(C)CC(C)C#N. The molecular weight excluding hydrogens is 178 g/mol. The van der Waals surface area contributed by atoms with Crippen molar-refractivity contribution in [2.24, 2.45) is 11.8 Å². The molecule has 0 bridgehead atoms. The molecule has 2 atom stereocenters. The van der Waals surface area contributed by atoms with E-state index in [9.17, 15) is 4.79 Å². The quantitative estimate of drug-likeness (QED) is 0.696. The molecule has 14 heavy (non-hydrogen) atoms. The van der Waals surface area contributed by atoms with Crippen molar-refractivity contribution >= 4 is 5.91 Å². The highest BCUT2D eigenvalue weighted by Gasteiger charge is 2.17. The summed E-state index contributed by atoms with van der Waals surface area (Å²) in [6.45, 7) is 4.87. The van der Waals surface area contributed by atoms with E-state index in [1.807, 2.05) is 20.9 Å². The van der Waals surface area contributed by atoms with E-state index >= 15 is 0 Å². The molecule has 2 unspecified atom stereocenters. The van der Waals surface area contributed by atoms with Crippen LogP contribution in [0.25, 0.3) is 0 Å². The van der Waals surface area contributed by atoms with Gasteiger partial charge in [0.2, 0.25) is 5.91 Å². The minimum Gasteiger partial charge on any atom is -0.344 e. The van der Waals surface area contributed by atoms with E-state index in [1.165, 1.54) is 0 Å². The van der Waals surface area contributed by atoms with E-state index in [0.29, 0.717) is 13.1 Å². The minimum atomic E-state index is -0.106. The number of hydrogen-bond acceptors (Lipinski definition) is 3. The standard InChI is InChI=1S/C10H19N3O/c1-8(5-11)7-13(4)10(14)9(2)6-12-3/h8-9,12H,6-7H2,1-4H3. The summed E-state index contributed by atoms with van der Waals surface area (Å²) < 4.78 is 0. The Morgan fingerprint density at radius 3 is 2.57 bits per heavy atom. The minimum absolute atomic E-state index is 0.0316. The van der Waals surface area contributed by atoms with Crippen LogP contribution in [0.2, 0.25) is 0 Å². The predicted octanol–water partition coefficient (Wildman–Crippen LogP) is 0.460. The van der Waals surface area contributed by atoms with Crippen LogP contribution in [-0.2, 0) is 4.79 Å². The van der Waals surface area contributed by atoms with Gasteiger partial charge in [-0.2, -0.15) is 5.26 Å². The number of hydrogen-bond donors (Lipinski definition) is 1. The van der Waals surface area contributed by atoms with Gasteiger partial charge < -0.3 is 10.2 Å². The Morgan fingerprint density at radius 2 is 2.14 bits per heavy atom. The van der Waals surface area contributed by atoms with Crippen LogP contribution in [0.4, 0.5) is 0 Å². The lowest BCUT2D eigenvalue weighted by molar-refractivity contribution is -0.133. The summed E-state index contributed by atoms with van der Waals surface area (Å²) in [5.41, 5.74) is 0. The number of nitriles is 1. The third kappa shape index (κ3) is 4.24. The first-order valence-corrected chi connectivity index (χ1v) is 4.82. The Balaban J connectivity index is 4.06. The number of rotatable bonds is 5. The lowest BCUT2D eigenvalue weighted by Gasteiger charge is -2.22. The molecular formula is C10H19N3O. The van der Waals surface area contributed by atoms with Crippen molar-refractivity contribution in [3.05, 3.63) is 0 Å². The average Bonchev–Trinajstić information content (AvgIpc) is 2.16. The molecule has 0 aliphatic heterocycles. The number of carbonyl (C=O) groups excluding carboxylic acids is 1. The van der Waals surface area contributed by atoms with Crippen molar-refractivity contribution in [1.82, 2.24) is 10.2 Å². The van der Waals surface area contributed by atoms with Gasteiger partial charge in [0, 0.05) is 26.1 Å². The topological polar surface area (TPSA) is 56.1 Å². The maximum absolute atomic E-state index is 11.7. The molecule has 0 fully saturated rings. The number of nitrogens with one attached hydrogen (secondary N) is 1. The zero-order valence-corrected chi connectivity index (χ0v) is 9.37. The third-order valence-corrected chi connectivity index (χ3v) is 2.08. The van der Waals surface area contributed by atoms with Crippen LogP contribution >= 0.6 is 0 Å². The second kappa shape index (κ2) is 6.39. The normalized spacial score (nSPS) is 14.2. The van der Waals surface area contributed by atoms with Crippen LogP contribution < -0.4 is 5.32 Å². The fourth-order valence-electron chi connectivity index (χ4n) is 1.31. The fourth-order valence-corrected chi connectivity index (χ4v) is 1.31. The van der Waals surface area contributed by atoms with Gasteiger partial charge in [0.05, 0.1) is 12.0 Å². The van der Waals surface area contributed by atoms with Crippen molar-refractivity contribution in [3.63, 3.8) is 0 Å². The molecule has 0 aromatic carbocycles. The van der Waals surface area contributed by atoms with Crippen molar-refractivity contribution in [2.75, 3.05) is 27.2 Å². The summed E-state index contributed by atoms with van der Waals surface area (Å²) in [7, 11) is 3.56. The fraction of sp³-hybridized carbons (Fsp3) is 0.800. The maximum atomic E-state index is 11.7. The highest BCUT2D eigenvalue weighted by atomic mass is 16.2. The Bertz CT molecular complexity index is 222. The van der Waals surface area contributed by atoms with E-state index in [0.717, 1.165) is 0 Å². The molecule has 80 valence electrons. The first kappa shape index (κ1) is 12.9. The van der Waals surface area contributed by atoms with Crippen molar-refractivity contribution in [2.45, 2.75) is 13.8 Å². The molecule has 0 saturated heterocycles. The molecule has 1 amide bonds. The van der Waals surface area contributed by atoms with E-state index in [2.05, 4.69) is 11.4 Å². The predicted molar refractivity (Wildman–Crippen MR) is 55.5 cm³/mol. The third-order valence-electron chi connectivity index (χ3n) is 2.08. The molecule has 0 aromatic rings. The molecule has 1 N–H and O–H groups in total. The van der Waals surface area contributed by atoms with Gasteiger partial charge in [0.1, 0.15) is 0 Å². The molecule has 0 radical (unpaired) electrons. The Kier molecular flexibility index (Phi) is 5.89. The number of carbonyl (C=O) groups is 1. The van der Waals surface area contributed by atoms with Gasteiger partial charge in [0.25, 0.3) is 0 Å². The van der Waals surface area contributed by atoms with Gasteiger partial charge in [-0.15, -0.1) is 0 Å². The van der Waals surface area contributed by atoms with Crippen LogP contribution in [0.1, 0.15) is 13.8 Å². The Labute approximate surface area is 85.9 Å². The second-order valence-corrected chi connectivity index (χ2v) is 3.71. The van der Waals surface area contributed by atoms with Crippen LogP contribution in [0.5, 0.6) is 0 Å². The Hall–Kier alpha value is -1.08. The molecule has 0 saturated carbocycles. The summed E-state index contributed by atoms with van der Waals surface area (Å²) in [6, 6.07) is 2.11. The largest absolute Gasteiger partial charge is 0.344 e. The highest BCUT2D eigenvalue weighted by molar-refractivity contribution is 5.78. The van der Waals surface area contributed by atoms with E-state index < -0.39 is 0 Å². The zero-order valence-electron chi connectivity index (χ0n) is 9.37. The van der Waals surface area contributed by atoms with Crippen molar-refractivity contribution < 1.29 is 4.79 Å². The van der Waals surface area contributed by atoms with Gasteiger partial charge in [0.15, 0.2) is 0 Å². The van der Waals surface area contributed by atoms with Gasteiger partial charge >= 0.3 is 0 Å².